The second kappa shape index (κ2) is 7.52. The van der Waals surface area contributed by atoms with Crippen molar-refractivity contribution in [2.45, 2.75) is 19.9 Å². The van der Waals surface area contributed by atoms with Crippen molar-refractivity contribution >= 4 is 5.91 Å². The number of carbonyl (C=O) groups is 1. The summed E-state index contributed by atoms with van der Waals surface area (Å²) in [5, 5.41) is 9.03. The van der Waals surface area contributed by atoms with E-state index in [1.165, 1.54) is 0 Å². The Morgan fingerprint density at radius 2 is 2.32 bits per heavy atom. The van der Waals surface area contributed by atoms with Crippen LogP contribution in [0.2, 0.25) is 0 Å². The summed E-state index contributed by atoms with van der Waals surface area (Å²) in [6, 6.07) is 3.45. The zero-order chi connectivity index (χ0) is 14.3. The zero-order valence-electron chi connectivity index (χ0n) is 11.3. The number of amides is 1. The highest BCUT2D eigenvalue weighted by atomic mass is 16.3. The van der Waals surface area contributed by atoms with Gasteiger partial charge >= 0.3 is 0 Å². The van der Waals surface area contributed by atoms with E-state index in [4.69, 9.17) is 10.8 Å². The lowest BCUT2D eigenvalue weighted by Crippen LogP contribution is -2.39. The van der Waals surface area contributed by atoms with Gasteiger partial charge in [0.15, 0.2) is 0 Å². The van der Waals surface area contributed by atoms with Crippen molar-refractivity contribution in [3.63, 3.8) is 0 Å². The molecule has 5 heteroatoms. The molecule has 1 amide bonds. The highest BCUT2D eigenvalue weighted by Crippen LogP contribution is 2.10. The molecule has 1 rings (SSSR count). The van der Waals surface area contributed by atoms with Crippen LogP contribution in [-0.4, -0.2) is 46.6 Å². The molecule has 3 N–H and O–H groups in total. The highest BCUT2D eigenvalue weighted by Gasteiger charge is 2.21. The Hall–Kier alpha value is -1.90. The number of nitrogens with zero attached hydrogens (tertiary/aromatic N) is 2. The van der Waals surface area contributed by atoms with E-state index < -0.39 is 0 Å². The van der Waals surface area contributed by atoms with Gasteiger partial charge in [0.25, 0.3) is 5.91 Å². The summed E-state index contributed by atoms with van der Waals surface area (Å²) in [6.45, 7) is 4.20. The Balaban J connectivity index is 3.10. The summed E-state index contributed by atoms with van der Waals surface area (Å²) >= 11 is 0. The van der Waals surface area contributed by atoms with Crippen LogP contribution in [0.25, 0.3) is 0 Å². The molecule has 0 bridgehead atoms. The third-order valence-corrected chi connectivity index (χ3v) is 2.56. The molecule has 0 radical (unpaired) electrons. The number of pyridine rings is 1. The Morgan fingerprint density at radius 1 is 1.58 bits per heavy atom. The molecule has 0 fully saturated rings. The van der Waals surface area contributed by atoms with E-state index >= 15 is 0 Å². The molecule has 0 saturated heterocycles. The average Bonchev–Trinajstić information content (AvgIpc) is 2.41. The molecule has 5 nitrogen and oxygen atoms in total. The summed E-state index contributed by atoms with van der Waals surface area (Å²) < 4.78 is 0. The summed E-state index contributed by atoms with van der Waals surface area (Å²) in [5.74, 6) is 5.33. The van der Waals surface area contributed by atoms with Gasteiger partial charge < -0.3 is 15.7 Å². The lowest BCUT2D eigenvalue weighted by atomic mass is 10.1. The fourth-order valence-corrected chi connectivity index (χ4v) is 1.66. The summed E-state index contributed by atoms with van der Waals surface area (Å²) in [5.41, 5.74) is 6.19. The molecule has 1 heterocycles. The summed E-state index contributed by atoms with van der Waals surface area (Å²) in [7, 11) is 0. The summed E-state index contributed by atoms with van der Waals surface area (Å²) in [6.07, 6.45) is 1.55. The van der Waals surface area contributed by atoms with Crippen LogP contribution in [0.3, 0.4) is 0 Å². The van der Waals surface area contributed by atoms with Crippen molar-refractivity contribution < 1.29 is 9.90 Å². The van der Waals surface area contributed by atoms with E-state index in [1.807, 2.05) is 13.8 Å². The van der Waals surface area contributed by atoms with E-state index in [1.54, 1.807) is 23.2 Å². The van der Waals surface area contributed by atoms with E-state index in [0.717, 1.165) is 0 Å². The van der Waals surface area contributed by atoms with Crippen LogP contribution in [-0.2, 0) is 0 Å². The van der Waals surface area contributed by atoms with Crippen molar-refractivity contribution in [3.8, 4) is 11.8 Å². The molecule has 1 aromatic heterocycles. The van der Waals surface area contributed by atoms with E-state index in [-0.39, 0.29) is 31.6 Å². The predicted molar refractivity (Wildman–Crippen MR) is 73.4 cm³/mol. The van der Waals surface area contributed by atoms with Crippen LogP contribution < -0.4 is 5.73 Å². The van der Waals surface area contributed by atoms with Gasteiger partial charge in [-0.05, 0) is 26.0 Å². The van der Waals surface area contributed by atoms with Crippen LogP contribution in [0.4, 0.5) is 0 Å². The minimum Gasteiger partial charge on any atom is -0.395 e. The summed E-state index contributed by atoms with van der Waals surface area (Å²) in [4.78, 5) is 18.1. The molecule has 0 spiro atoms. The van der Waals surface area contributed by atoms with E-state index in [0.29, 0.717) is 11.3 Å². The molecule has 1 aromatic rings. The van der Waals surface area contributed by atoms with Gasteiger partial charge in [-0.25, -0.2) is 4.98 Å². The predicted octanol–water partition coefficient (Wildman–Crippen LogP) is 0.235. The lowest BCUT2D eigenvalue weighted by molar-refractivity contribution is 0.0659. The smallest absolute Gasteiger partial charge is 0.274 e. The van der Waals surface area contributed by atoms with Gasteiger partial charge in [-0.2, -0.15) is 0 Å². The molecule has 0 unspecified atom stereocenters. The van der Waals surface area contributed by atoms with Crippen LogP contribution in [0.1, 0.15) is 29.9 Å². The second-order valence-corrected chi connectivity index (χ2v) is 4.22. The molecule has 102 valence electrons. The van der Waals surface area contributed by atoms with Gasteiger partial charge in [0, 0.05) is 18.8 Å². The molecule has 0 aliphatic carbocycles. The minimum absolute atomic E-state index is 0.0167. The molecule has 0 aliphatic rings. The number of aromatic nitrogens is 1. The molecule has 0 atom stereocenters. The quantitative estimate of drug-likeness (QED) is 0.761. The maximum Gasteiger partial charge on any atom is 0.274 e. The fraction of sp³-hybridized carbons (Fsp3) is 0.429. The fourth-order valence-electron chi connectivity index (χ4n) is 1.66. The lowest BCUT2D eigenvalue weighted by Gasteiger charge is -2.25. The van der Waals surface area contributed by atoms with Crippen LogP contribution >= 0.6 is 0 Å². The first kappa shape index (κ1) is 15.2. The van der Waals surface area contributed by atoms with E-state index in [9.17, 15) is 4.79 Å². The maximum absolute atomic E-state index is 12.4. The number of rotatable bonds is 4. The first-order chi connectivity index (χ1) is 9.11. The van der Waals surface area contributed by atoms with Crippen LogP contribution in [0.5, 0.6) is 0 Å². The van der Waals surface area contributed by atoms with Crippen LogP contribution in [0.15, 0.2) is 18.3 Å². The average molecular weight is 261 g/mol. The monoisotopic (exact) mass is 261 g/mol. The van der Waals surface area contributed by atoms with Crippen LogP contribution in [0, 0.1) is 11.8 Å². The first-order valence-corrected chi connectivity index (χ1v) is 6.17. The standard InChI is InChI=1S/C14H19N3O2/c1-11(2)17(9-10-18)14(19)13-12(5-3-7-15)6-4-8-16-13/h4,6,8,11,18H,7,9-10,15H2,1-2H3. The molecule has 0 saturated carbocycles. The number of hydrogen-bond donors (Lipinski definition) is 2. The third kappa shape index (κ3) is 4.05. The third-order valence-electron chi connectivity index (χ3n) is 2.56. The van der Waals surface area contributed by atoms with Crippen molar-refractivity contribution in [1.29, 1.82) is 0 Å². The molecule has 0 aromatic carbocycles. The highest BCUT2D eigenvalue weighted by molar-refractivity contribution is 5.95. The number of aliphatic hydroxyl groups excluding tert-OH is 1. The van der Waals surface area contributed by atoms with E-state index in [2.05, 4.69) is 16.8 Å². The second-order valence-electron chi connectivity index (χ2n) is 4.22. The Bertz CT molecular complexity index is 489. The molecular formula is C14H19N3O2. The van der Waals surface area contributed by atoms with Gasteiger partial charge in [-0.15, -0.1) is 0 Å². The number of aliphatic hydroxyl groups is 1. The largest absolute Gasteiger partial charge is 0.395 e. The molecular weight excluding hydrogens is 242 g/mol. The normalized spacial score (nSPS) is 9.95. The number of carbonyl (C=O) groups excluding carboxylic acids is 1. The Kier molecular flexibility index (Phi) is 6.00. The van der Waals surface area contributed by atoms with Gasteiger partial charge in [0.2, 0.25) is 0 Å². The first-order valence-electron chi connectivity index (χ1n) is 6.17. The van der Waals surface area contributed by atoms with Gasteiger partial charge in [0.05, 0.1) is 18.7 Å². The number of hydrogen-bond acceptors (Lipinski definition) is 4. The maximum atomic E-state index is 12.4. The molecule has 19 heavy (non-hydrogen) atoms. The Labute approximate surface area is 113 Å². The molecule has 0 aliphatic heterocycles. The van der Waals surface area contributed by atoms with Gasteiger partial charge in [-0.1, -0.05) is 11.8 Å². The number of nitrogens with two attached hydrogens (primary N) is 1. The Morgan fingerprint density at radius 3 is 2.89 bits per heavy atom. The minimum atomic E-state index is -0.231. The zero-order valence-corrected chi connectivity index (χ0v) is 11.3. The van der Waals surface area contributed by atoms with Gasteiger partial charge in [0.1, 0.15) is 5.69 Å². The van der Waals surface area contributed by atoms with Crippen molar-refractivity contribution in [2.24, 2.45) is 5.73 Å². The van der Waals surface area contributed by atoms with Crippen molar-refractivity contribution in [2.75, 3.05) is 19.7 Å². The topological polar surface area (TPSA) is 79.5 Å². The van der Waals surface area contributed by atoms with Crippen molar-refractivity contribution in [1.82, 2.24) is 9.88 Å². The van der Waals surface area contributed by atoms with Crippen molar-refractivity contribution in [3.05, 3.63) is 29.6 Å². The van der Waals surface area contributed by atoms with Gasteiger partial charge in [-0.3, -0.25) is 4.79 Å². The SMILES string of the molecule is CC(C)N(CCO)C(=O)c1ncccc1C#CCN.